The van der Waals surface area contributed by atoms with Crippen molar-refractivity contribution in [3.05, 3.63) is 23.8 Å². The van der Waals surface area contributed by atoms with Gasteiger partial charge in [0.1, 0.15) is 0 Å². The van der Waals surface area contributed by atoms with Gasteiger partial charge in [-0.3, -0.25) is 0 Å². The highest BCUT2D eigenvalue weighted by Crippen LogP contribution is 2.34. The molecule has 0 spiro atoms. The molecule has 1 aromatic carbocycles. The van der Waals surface area contributed by atoms with Crippen LogP contribution < -0.4 is 15.2 Å². The molecule has 1 aliphatic carbocycles. The summed E-state index contributed by atoms with van der Waals surface area (Å²) in [5, 5.41) is 0. The molecule has 1 fully saturated rings. The Balaban J connectivity index is 2.16. The van der Waals surface area contributed by atoms with Crippen LogP contribution in [0.4, 0.5) is 0 Å². The largest absolute Gasteiger partial charge is 0.493 e. The number of para-hydroxylation sites is 1. The maximum absolute atomic E-state index is 6.09. The van der Waals surface area contributed by atoms with Gasteiger partial charge in [-0.1, -0.05) is 18.6 Å². The standard InChI is InChI=1S/C14H21NO2/c1-16-13-9-5-6-11(10-15)14(13)17-12-7-3-2-4-8-12/h5-6,9,12H,2-4,7-8,10,15H2,1H3. The second-order valence-electron chi connectivity index (χ2n) is 4.53. The third-order valence-corrected chi connectivity index (χ3v) is 3.34. The van der Waals surface area contributed by atoms with Gasteiger partial charge in [0, 0.05) is 12.1 Å². The summed E-state index contributed by atoms with van der Waals surface area (Å²) < 4.78 is 11.4. The number of ether oxygens (including phenoxy) is 2. The van der Waals surface area contributed by atoms with Crippen molar-refractivity contribution in [3.63, 3.8) is 0 Å². The summed E-state index contributed by atoms with van der Waals surface area (Å²) in [4.78, 5) is 0. The molecule has 0 unspecified atom stereocenters. The third-order valence-electron chi connectivity index (χ3n) is 3.34. The second-order valence-corrected chi connectivity index (χ2v) is 4.53. The molecule has 0 aliphatic heterocycles. The summed E-state index contributed by atoms with van der Waals surface area (Å²) in [6, 6.07) is 5.88. The van der Waals surface area contributed by atoms with Crippen molar-refractivity contribution >= 4 is 0 Å². The summed E-state index contributed by atoms with van der Waals surface area (Å²) >= 11 is 0. The molecule has 3 heteroatoms. The zero-order valence-electron chi connectivity index (χ0n) is 10.4. The fourth-order valence-corrected chi connectivity index (χ4v) is 2.37. The molecule has 0 bridgehead atoms. The molecule has 94 valence electrons. The van der Waals surface area contributed by atoms with Crippen LogP contribution in [0.3, 0.4) is 0 Å². The van der Waals surface area contributed by atoms with E-state index in [1.54, 1.807) is 7.11 Å². The first-order valence-electron chi connectivity index (χ1n) is 6.37. The van der Waals surface area contributed by atoms with Gasteiger partial charge in [-0.25, -0.2) is 0 Å². The maximum Gasteiger partial charge on any atom is 0.166 e. The summed E-state index contributed by atoms with van der Waals surface area (Å²) in [5.74, 6) is 1.63. The highest BCUT2D eigenvalue weighted by Gasteiger charge is 2.18. The van der Waals surface area contributed by atoms with E-state index in [4.69, 9.17) is 15.2 Å². The third kappa shape index (κ3) is 2.91. The summed E-state index contributed by atoms with van der Waals surface area (Å²) in [7, 11) is 1.67. The van der Waals surface area contributed by atoms with E-state index < -0.39 is 0 Å². The fourth-order valence-electron chi connectivity index (χ4n) is 2.37. The van der Waals surface area contributed by atoms with Crippen LogP contribution in [0.5, 0.6) is 11.5 Å². The second kappa shape index (κ2) is 5.92. The molecule has 3 nitrogen and oxygen atoms in total. The van der Waals surface area contributed by atoms with Crippen molar-refractivity contribution in [3.8, 4) is 11.5 Å². The molecule has 1 aliphatic rings. The van der Waals surface area contributed by atoms with Crippen molar-refractivity contribution in [1.29, 1.82) is 0 Å². The Kier molecular flexibility index (Phi) is 4.26. The van der Waals surface area contributed by atoms with Crippen molar-refractivity contribution in [2.24, 2.45) is 5.73 Å². The summed E-state index contributed by atoms with van der Waals surface area (Å²) in [5.41, 5.74) is 6.77. The molecule has 0 saturated heterocycles. The van der Waals surface area contributed by atoms with Crippen molar-refractivity contribution in [1.82, 2.24) is 0 Å². The van der Waals surface area contributed by atoms with Crippen LogP contribution in [0.25, 0.3) is 0 Å². The zero-order chi connectivity index (χ0) is 12.1. The molecule has 0 amide bonds. The minimum absolute atomic E-state index is 0.324. The summed E-state index contributed by atoms with van der Waals surface area (Å²) in [6.07, 6.45) is 6.46. The molecule has 2 rings (SSSR count). The Hall–Kier alpha value is -1.22. The predicted octanol–water partition coefficient (Wildman–Crippen LogP) is 2.87. The first-order valence-corrected chi connectivity index (χ1v) is 6.37. The predicted molar refractivity (Wildman–Crippen MR) is 68.4 cm³/mol. The molecular weight excluding hydrogens is 214 g/mol. The van der Waals surface area contributed by atoms with Crippen LogP contribution in [0, 0.1) is 0 Å². The minimum atomic E-state index is 0.324. The average Bonchev–Trinajstić information content (AvgIpc) is 2.40. The molecule has 1 saturated carbocycles. The molecule has 17 heavy (non-hydrogen) atoms. The van der Waals surface area contributed by atoms with Crippen LogP contribution in [0.1, 0.15) is 37.7 Å². The van der Waals surface area contributed by atoms with Crippen LogP contribution in [0.15, 0.2) is 18.2 Å². The zero-order valence-corrected chi connectivity index (χ0v) is 10.4. The Morgan fingerprint density at radius 1 is 1.24 bits per heavy atom. The van der Waals surface area contributed by atoms with Gasteiger partial charge in [0.2, 0.25) is 0 Å². The molecule has 1 aromatic rings. The molecular formula is C14H21NO2. The quantitative estimate of drug-likeness (QED) is 0.872. The van der Waals surface area contributed by atoms with Crippen molar-refractivity contribution < 1.29 is 9.47 Å². The normalized spacial score (nSPS) is 16.8. The Morgan fingerprint density at radius 3 is 2.65 bits per heavy atom. The summed E-state index contributed by atoms with van der Waals surface area (Å²) in [6.45, 7) is 0.485. The van der Waals surface area contributed by atoms with Crippen LogP contribution >= 0.6 is 0 Å². The number of nitrogens with two attached hydrogens (primary N) is 1. The first kappa shape index (κ1) is 12.2. The molecule has 0 radical (unpaired) electrons. The number of methoxy groups -OCH3 is 1. The van der Waals surface area contributed by atoms with Gasteiger partial charge < -0.3 is 15.2 Å². The van der Waals surface area contributed by atoms with Crippen LogP contribution in [-0.2, 0) is 6.54 Å². The Labute approximate surface area is 103 Å². The molecule has 2 N–H and O–H groups in total. The van der Waals surface area contributed by atoms with E-state index in [2.05, 4.69) is 0 Å². The number of rotatable bonds is 4. The lowest BCUT2D eigenvalue weighted by Crippen LogP contribution is -2.21. The Bertz CT molecular complexity index is 337. The first-order chi connectivity index (χ1) is 8.35. The van der Waals surface area contributed by atoms with Gasteiger partial charge in [-0.05, 0) is 31.7 Å². The monoisotopic (exact) mass is 235 g/mol. The van der Waals surface area contributed by atoms with Gasteiger partial charge >= 0.3 is 0 Å². The number of hydrogen-bond donors (Lipinski definition) is 1. The van der Waals surface area contributed by atoms with E-state index in [9.17, 15) is 0 Å². The maximum atomic E-state index is 6.09. The lowest BCUT2D eigenvalue weighted by molar-refractivity contribution is 0.148. The van der Waals surface area contributed by atoms with E-state index >= 15 is 0 Å². The molecule has 0 heterocycles. The Morgan fingerprint density at radius 2 is 2.00 bits per heavy atom. The smallest absolute Gasteiger partial charge is 0.166 e. The topological polar surface area (TPSA) is 44.5 Å². The van der Waals surface area contributed by atoms with Gasteiger partial charge in [0.05, 0.1) is 13.2 Å². The lowest BCUT2D eigenvalue weighted by Gasteiger charge is -2.25. The van der Waals surface area contributed by atoms with Crippen LogP contribution in [-0.4, -0.2) is 13.2 Å². The fraction of sp³-hybridized carbons (Fsp3) is 0.571. The van der Waals surface area contributed by atoms with E-state index in [1.165, 1.54) is 19.3 Å². The molecule has 0 atom stereocenters. The van der Waals surface area contributed by atoms with E-state index in [1.807, 2.05) is 18.2 Å². The highest BCUT2D eigenvalue weighted by molar-refractivity contribution is 5.46. The number of benzene rings is 1. The average molecular weight is 235 g/mol. The van der Waals surface area contributed by atoms with Crippen molar-refractivity contribution in [2.75, 3.05) is 7.11 Å². The minimum Gasteiger partial charge on any atom is -0.493 e. The van der Waals surface area contributed by atoms with Gasteiger partial charge in [-0.15, -0.1) is 0 Å². The number of hydrogen-bond acceptors (Lipinski definition) is 3. The van der Waals surface area contributed by atoms with Gasteiger partial charge in [0.15, 0.2) is 11.5 Å². The lowest BCUT2D eigenvalue weighted by atomic mass is 9.97. The van der Waals surface area contributed by atoms with E-state index in [0.717, 1.165) is 29.9 Å². The molecule has 0 aromatic heterocycles. The van der Waals surface area contributed by atoms with Crippen LogP contribution in [0.2, 0.25) is 0 Å². The van der Waals surface area contributed by atoms with Gasteiger partial charge in [0.25, 0.3) is 0 Å². The SMILES string of the molecule is COc1cccc(CN)c1OC1CCCCC1. The van der Waals surface area contributed by atoms with E-state index in [-0.39, 0.29) is 0 Å². The van der Waals surface area contributed by atoms with Gasteiger partial charge in [-0.2, -0.15) is 0 Å². The highest BCUT2D eigenvalue weighted by atomic mass is 16.5. The van der Waals surface area contributed by atoms with Crippen molar-refractivity contribution in [2.45, 2.75) is 44.8 Å². The van der Waals surface area contributed by atoms with E-state index in [0.29, 0.717) is 12.6 Å².